The molecule has 0 aliphatic carbocycles. The van der Waals surface area contributed by atoms with Crippen LogP contribution in [0.2, 0.25) is 5.02 Å². The third kappa shape index (κ3) is 4.32. The van der Waals surface area contributed by atoms with E-state index in [9.17, 15) is 4.79 Å². The second-order valence-electron chi connectivity index (χ2n) is 5.08. The predicted molar refractivity (Wildman–Crippen MR) is 93.6 cm³/mol. The maximum Gasteiger partial charge on any atom is 0.258 e. The molecule has 0 saturated heterocycles. The lowest BCUT2D eigenvalue weighted by Crippen LogP contribution is -2.28. The van der Waals surface area contributed by atoms with Gasteiger partial charge in [-0.25, -0.2) is 0 Å². The van der Waals surface area contributed by atoms with Crippen molar-refractivity contribution in [2.75, 3.05) is 27.4 Å². The van der Waals surface area contributed by atoms with Crippen molar-refractivity contribution in [2.24, 2.45) is 0 Å². The summed E-state index contributed by atoms with van der Waals surface area (Å²) in [5.41, 5.74) is 1.41. The first-order chi connectivity index (χ1) is 11.6. The van der Waals surface area contributed by atoms with Gasteiger partial charge < -0.3 is 19.5 Å². The number of carbonyl (C=O) groups is 1. The number of benzene rings is 2. The fraction of sp³-hybridized carbons (Fsp3) is 0.278. The number of hydrogen-bond donors (Lipinski definition) is 1. The van der Waals surface area contributed by atoms with Crippen LogP contribution in [0.4, 0.5) is 0 Å². The third-order valence-corrected chi connectivity index (χ3v) is 3.70. The molecule has 0 unspecified atom stereocenters. The molecule has 6 heteroatoms. The standard InChI is InChI=1S/C18H20ClNO4/c1-12-7-8-13(19)16(11-12)24-10-9-20-18(21)17-14(22-2)5-4-6-15(17)23-3/h4-8,11H,9-10H2,1-3H3,(H,20,21). The van der Waals surface area contributed by atoms with E-state index in [0.717, 1.165) is 5.56 Å². The SMILES string of the molecule is COc1cccc(OC)c1C(=O)NCCOc1cc(C)ccc1Cl. The van der Waals surface area contributed by atoms with Crippen LogP contribution in [0.1, 0.15) is 15.9 Å². The van der Waals surface area contributed by atoms with Gasteiger partial charge in [0.15, 0.2) is 0 Å². The zero-order valence-electron chi connectivity index (χ0n) is 13.9. The molecule has 0 saturated carbocycles. The summed E-state index contributed by atoms with van der Waals surface area (Å²) in [7, 11) is 3.02. The van der Waals surface area contributed by atoms with Crippen molar-refractivity contribution in [2.45, 2.75) is 6.92 Å². The van der Waals surface area contributed by atoms with E-state index in [1.54, 1.807) is 24.3 Å². The van der Waals surface area contributed by atoms with E-state index >= 15 is 0 Å². The Morgan fingerprint density at radius 3 is 2.38 bits per heavy atom. The van der Waals surface area contributed by atoms with E-state index in [4.69, 9.17) is 25.8 Å². The molecule has 0 spiro atoms. The molecule has 24 heavy (non-hydrogen) atoms. The number of methoxy groups -OCH3 is 2. The zero-order chi connectivity index (χ0) is 17.5. The van der Waals surface area contributed by atoms with Crippen molar-refractivity contribution in [1.82, 2.24) is 5.32 Å². The summed E-state index contributed by atoms with van der Waals surface area (Å²) < 4.78 is 16.1. The van der Waals surface area contributed by atoms with Crippen LogP contribution in [-0.4, -0.2) is 33.3 Å². The van der Waals surface area contributed by atoms with E-state index in [-0.39, 0.29) is 5.91 Å². The molecule has 5 nitrogen and oxygen atoms in total. The number of ether oxygens (including phenoxy) is 3. The van der Waals surface area contributed by atoms with Crippen LogP contribution in [0.3, 0.4) is 0 Å². The summed E-state index contributed by atoms with van der Waals surface area (Å²) in [5, 5.41) is 3.33. The van der Waals surface area contributed by atoms with Gasteiger partial charge in [0.2, 0.25) is 0 Å². The van der Waals surface area contributed by atoms with Gasteiger partial charge in [0, 0.05) is 0 Å². The minimum absolute atomic E-state index is 0.289. The summed E-state index contributed by atoms with van der Waals surface area (Å²) in [4.78, 5) is 12.4. The molecule has 1 N–H and O–H groups in total. The summed E-state index contributed by atoms with van der Waals surface area (Å²) >= 11 is 6.07. The third-order valence-electron chi connectivity index (χ3n) is 3.39. The van der Waals surface area contributed by atoms with Gasteiger partial charge in [-0.1, -0.05) is 23.7 Å². The number of hydrogen-bond acceptors (Lipinski definition) is 4. The van der Waals surface area contributed by atoms with E-state index < -0.39 is 0 Å². The molecule has 0 bridgehead atoms. The number of carbonyl (C=O) groups excluding carboxylic acids is 1. The Balaban J connectivity index is 1.95. The van der Waals surface area contributed by atoms with E-state index in [2.05, 4.69) is 5.32 Å². The van der Waals surface area contributed by atoms with Gasteiger partial charge in [-0.05, 0) is 36.8 Å². The highest BCUT2D eigenvalue weighted by Crippen LogP contribution is 2.28. The van der Waals surface area contributed by atoms with Crippen LogP contribution in [0.25, 0.3) is 0 Å². The number of nitrogens with one attached hydrogen (secondary N) is 1. The Hall–Kier alpha value is -2.40. The van der Waals surface area contributed by atoms with Crippen LogP contribution in [0, 0.1) is 6.92 Å². The second-order valence-corrected chi connectivity index (χ2v) is 5.48. The van der Waals surface area contributed by atoms with Gasteiger partial charge in [0.25, 0.3) is 5.91 Å². The summed E-state index contributed by atoms with van der Waals surface area (Å²) in [6.45, 7) is 2.58. The minimum atomic E-state index is -0.289. The van der Waals surface area contributed by atoms with Crippen molar-refractivity contribution in [3.05, 3.63) is 52.5 Å². The van der Waals surface area contributed by atoms with E-state index in [1.165, 1.54) is 14.2 Å². The van der Waals surface area contributed by atoms with Gasteiger partial charge in [0.1, 0.15) is 29.4 Å². The lowest BCUT2D eigenvalue weighted by Gasteiger charge is -2.13. The Morgan fingerprint density at radius 1 is 1.08 bits per heavy atom. The molecule has 128 valence electrons. The molecule has 2 aromatic carbocycles. The van der Waals surface area contributed by atoms with Crippen LogP contribution in [0.15, 0.2) is 36.4 Å². The average Bonchev–Trinajstić information content (AvgIpc) is 2.60. The van der Waals surface area contributed by atoms with Crippen molar-refractivity contribution >= 4 is 17.5 Å². The number of aryl methyl sites for hydroxylation is 1. The smallest absolute Gasteiger partial charge is 0.258 e. The first-order valence-electron chi connectivity index (χ1n) is 7.45. The predicted octanol–water partition coefficient (Wildman–Crippen LogP) is 3.47. The topological polar surface area (TPSA) is 56.8 Å². The highest BCUT2D eigenvalue weighted by Gasteiger charge is 2.17. The van der Waals surface area contributed by atoms with Crippen molar-refractivity contribution in [1.29, 1.82) is 0 Å². The van der Waals surface area contributed by atoms with E-state index in [0.29, 0.717) is 41.0 Å². The first kappa shape index (κ1) is 17.9. The monoisotopic (exact) mass is 349 g/mol. The summed E-state index contributed by atoms with van der Waals surface area (Å²) in [5.74, 6) is 1.22. The van der Waals surface area contributed by atoms with Crippen LogP contribution < -0.4 is 19.5 Å². The summed E-state index contributed by atoms with van der Waals surface area (Å²) in [6, 6.07) is 10.7. The quantitative estimate of drug-likeness (QED) is 0.777. The lowest BCUT2D eigenvalue weighted by molar-refractivity contribution is 0.0940. The molecule has 0 fully saturated rings. The summed E-state index contributed by atoms with van der Waals surface area (Å²) in [6.07, 6.45) is 0. The maximum atomic E-state index is 12.4. The van der Waals surface area contributed by atoms with Gasteiger partial charge in [0.05, 0.1) is 25.8 Å². The fourth-order valence-corrected chi connectivity index (χ4v) is 2.38. The second kappa shape index (κ2) is 8.45. The average molecular weight is 350 g/mol. The molecule has 2 rings (SSSR count). The Kier molecular flexibility index (Phi) is 6.32. The molecular weight excluding hydrogens is 330 g/mol. The molecule has 2 aromatic rings. The van der Waals surface area contributed by atoms with Crippen LogP contribution >= 0.6 is 11.6 Å². The zero-order valence-corrected chi connectivity index (χ0v) is 14.6. The van der Waals surface area contributed by atoms with Gasteiger partial charge in [-0.2, -0.15) is 0 Å². The number of halogens is 1. The molecule has 0 atom stereocenters. The first-order valence-corrected chi connectivity index (χ1v) is 7.82. The van der Waals surface area contributed by atoms with Crippen LogP contribution in [-0.2, 0) is 0 Å². The minimum Gasteiger partial charge on any atom is -0.496 e. The van der Waals surface area contributed by atoms with E-state index in [1.807, 2.05) is 19.1 Å². The Labute approximate surface area is 146 Å². The molecule has 0 radical (unpaired) electrons. The molecule has 0 aliphatic rings. The Bertz CT molecular complexity index is 696. The van der Waals surface area contributed by atoms with Gasteiger partial charge >= 0.3 is 0 Å². The maximum absolute atomic E-state index is 12.4. The normalized spacial score (nSPS) is 10.2. The van der Waals surface area contributed by atoms with Gasteiger partial charge in [-0.3, -0.25) is 4.79 Å². The highest BCUT2D eigenvalue weighted by atomic mass is 35.5. The van der Waals surface area contributed by atoms with Gasteiger partial charge in [-0.15, -0.1) is 0 Å². The van der Waals surface area contributed by atoms with Crippen molar-refractivity contribution in [3.63, 3.8) is 0 Å². The molecule has 0 aliphatic heterocycles. The van der Waals surface area contributed by atoms with Crippen molar-refractivity contribution < 1.29 is 19.0 Å². The fourth-order valence-electron chi connectivity index (χ4n) is 2.21. The Morgan fingerprint density at radius 2 is 1.75 bits per heavy atom. The lowest BCUT2D eigenvalue weighted by atomic mass is 10.1. The molecule has 0 aromatic heterocycles. The number of amides is 1. The number of rotatable bonds is 7. The molecule has 0 heterocycles. The van der Waals surface area contributed by atoms with Crippen LogP contribution in [0.5, 0.6) is 17.2 Å². The molecular formula is C18H20ClNO4. The largest absolute Gasteiger partial charge is 0.496 e. The highest BCUT2D eigenvalue weighted by molar-refractivity contribution is 6.32. The van der Waals surface area contributed by atoms with Crippen molar-refractivity contribution in [3.8, 4) is 17.2 Å². The molecule has 1 amide bonds.